The molecule has 19 heteroatoms. The maximum Gasteiger partial charge on any atom is 0.220 e. The molecule has 3 rings (SSSR count). The monoisotopic (exact) mass is 896 g/mol. The minimum absolute atomic E-state index is 0.231. The van der Waals surface area contributed by atoms with Crippen LogP contribution in [0.1, 0.15) is 110 Å². The molecule has 3 fully saturated rings. The van der Waals surface area contributed by atoms with E-state index in [-0.39, 0.29) is 18.9 Å². The Balaban J connectivity index is 1.61. The average Bonchev–Trinajstić information content (AvgIpc) is 3.26. The van der Waals surface area contributed by atoms with Crippen LogP contribution in [-0.2, 0) is 33.2 Å². The third-order valence-corrected chi connectivity index (χ3v) is 11.5. The van der Waals surface area contributed by atoms with Crippen molar-refractivity contribution in [2.24, 2.45) is 0 Å². The molecule has 0 aromatic heterocycles. The van der Waals surface area contributed by atoms with E-state index in [2.05, 4.69) is 31.3 Å². The standard InChI is InChI=1S/C43H77NO18/c1-3-5-7-9-10-11-12-13-14-15-17-18-20-27(48)26(44-31(49)21-19-16-8-6-4-2)25-57-41-37(55)34(52)39(29(23-46)59-41)62-43-38(56)35(53)40(30(24-47)60-43)61-42-36(54)33(51)32(50)28(22-45)58-42/h13-14,18,20,26-30,32-43,45-48,50-56H,3-12,15-17,19,21-25H2,1-2H3,(H,44,49)/b14-13+,20-18+. The van der Waals surface area contributed by atoms with Crippen LogP contribution in [0.2, 0.25) is 0 Å². The molecule has 0 aliphatic carbocycles. The summed E-state index contributed by atoms with van der Waals surface area (Å²) in [5.74, 6) is -0.303. The highest BCUT2D eigenvalue weighted by Crippen LogP contribution is 2.33. The Morgan fingerprint density at radius 2 is 1.03 bits per heavy atom. The molecular formula is C43H77NO18. The van der Waals surface area contributed by atoms with Crippen molar-refractivity contribution in [3.63, 3.8) is 0 Å². The fourth-order valence-electron chi connectivity index (χ4n) is 7.61. The number of allylic oxidation sites excluding steroid dienone is 3. The van der Waals surface area contributed by atoms with Gasteiger partial charge in [0.25, 0.3) is 0 Å². The van der Waals surface area contributed by atoms with Gasteiger partial charge in [0.05, 0.1) is 38.6 Å². The normalized spacial score (nSPS) is 35.4. The summed E-state index contributed by atoms with van der Waals surface area (Å²) in [4.78, 5) is 12.9. The lowest BCUT2D eigenvalue weighted by Crippen LogP contribution is -2.66. The number of ether oxygens (including phenoxy) is 6. The van der Waals surface area contributed by atoms with Gasteiger partial charge >= 0.3 is 0 Å². The summed E-state index contributed by atoms with van der Waals surface area (Å²) in [5.41, 5.74) is 0. The Labute approximate surface area is 365 Å². The first kappa shape index (κ1) is 54.6. The maximum absolute atomic E-state index is 12.9. The van der Waals surface area contributed by atoms with Crippen molar-refractivity contribution in [3.8, 4) is 0 Å². The lowest BCUT2D eigenvalue weighted by atomic mass is 9.96. The first-order valence-corrected chi connectivity index (χ1v) is 22.6. The van der Waals surface area contributed by atoms with Gasteiger partial charge in [-0.05, 0) is 32.1 Å². The molecule has 19 nitrogen and oxygen atoms in total. The summed E-state index contributed by atoms with van der Waals surface area (Å²) >= 11 is 0. The molecule has 362 valence electrons. The number of rotatable bonds is 29. The molecule has 3 aliphatic heterocycles. The zero-order valence-electron chi connectivity index (χ0n) is 36.3. The molecule has 3 saturated heterocycles. The predicted octanol–water partition coefficient (Wildman–Crippen LogP) is -0.699. The summed E-state index contributed by atoms with van der Waals surface area (Å²) in [6, 6.07) is -0.979. The summed E-state index contributed by atoms with van der Waals surface area (Å²) in [6.45, 7) is 1.51. The van der Waals surface area contributed by atoms with Gasteiger partial charge in [-0.1, -0.05) is 95.9 Å². The van der Waals surface area contributed by atoms with Gasteiger partial charge in [-0.25, -0.2) is 0 Å². The molecule has 0 radical (unpaired) electrons. The van der Waals surface area contributed by atoms with E-state index in [0.29, 0.717) is 12.8 Å². The van der Waals surface area contributed by atoms with Crippen molar-refractivity contribution >= 4 is 5.91 Å². The van der Waals surface area contributed by atoms with Gasteiger partial charge < -0.3 is 89.9 Å². The fraction of sp³-hybridized carbons (Fsp3) is 0.884. The van der Waals surface area contributed by atoms with Crippen LogP contribution in [0.25, 0.3) is 0 Å². The second kappa shape index (κ2) is 29.7. The second-order valence-electron chi connectivity index (χ2n) is 16.5. The van der Waals surface area contributed by atoms with Gasteiger partial charge in [0.2, 0.25) is 5.91 Å². The topological polar surface area (TPSA) is 307 Å². The number of amides is 1. The van der Waals surface area contributed by atoms with Crippen molar-refractivity contribution in [2.45, 2.75) is 214 Å². The van der Waals surface area contributed by atoms with Crippen LogP contribution in [0.4, 0.5) is 0 Å². The van der Waals surface area contributed by atoms with Crippen molar-refractivity contribution in [1.29, 1.82) is 0 Å². The molecule has 0 aromatic rings. The Morgan fingerprint density at radius 3 is 1.61 bits per heavy atom. The largest absolute Gasteiger partial charge is 0.394 e. The molecule has 12 N–H and O–H groups in total. The first-order chi connectivity index (χ1) is 29.8. The Hall–Kier alpha value is -1.73. The first-order valence-electron chi connectivity index (χ1n) is 22.6. The summed E-state index contributed by atoms with van der Waals surface area (Å²) < 4.78 is 33.9. The fourth-order valence-corrected chi connectivity index (χ4v) is 7.61. The zero-order valence-corrected chi connectivity index (χ0v) is 36.3. The molecule has 0 bridgehead atoms. The van der Waals surface area contributed by atoms with Gasteiger partial charge in [0, 0.05) is 6.42 Å². The van der Waals surface area contributed by atoms with Crippen molar-refractivity contribution < 1.29 is 89.4 Å². The van der Waals surface area contributed by atoms with Crippen LogP contribution in [0.5, 0.6) is 0 Å². The Kier molecular flexibility index (Phi) is 26.2. The molecule has 3 heterocycles. The van der Waals surface area contributed by atoms with Crippen LogP contribution in [0.15, 0.2) is 24.3 Å². The molecule has 0 saturated carbocycles. The van der Waals surface area contributed by atoms with Crippen molar-refractivity contribution in [2.75, 3.05) is 26.4 Å². The minimum Gasteiger partial charge on any atom is -0.394 e. The van der Waals surface area contributed by atoms with E-state index in [4.69, 9.17) is 28.4 Å². The van der Waals surface area contributed by atoms with E-state index in [9.17, 15) is 61.0 Å². The minimum atomic E-state index is -1.97. The number of carbonyl (C=O) groups excluding carboxylic acids is 1. The number of aliphatic hydroxyl groups is 11. The second-order valence-corrected chi connectivity index (χ2v) is 16.5. The Bertz CT molecular complexity index is 1260. The lowest BCUT2D eigenvalue weighted by molar-refractivity contribution is -0.379. The van der Waals surface area contributed by atoms with Gasteiger partial charge in [-0.2, -0.15) is 0 Å². The van der Waals surface area contributed by atoms with E-state index in [1.165, 1.54) is 32.1 Å². The smallest absolute Gasteiger partial charge is 0.220 e. The molecule has 17 atom stereocenters. The number of aliphatic hydroxyl groups excluding tert-OH is 11. The molecule has 1 amide bonds. The predicted molar refractivity (Wildman–Crippen MR) is 222 cm³/mol. The quantitative estimate of drug-likeness (QED) is 0.0326. The SMILES string of the molecule is CCCCCCCC/C=C/CC/C=C/C(O)C(COC1OC(CO)C(OC2OC(CO)C(OC3OC(CO)C(O)C(O)C3O)C(O)C2O)C(O)C1O)NC(=O)CCCCCCC. The van der Waals surface area contributed by atoms with E-state index in [1.54, 1.807) is 6.08 Å². The van der Waals surface area contributed by atoms with E-state index >= 15 is 0 Å². The highest BCUT2D eigenvalue weighted by atomic mass is 16.8. The van der Waals surface area contributed by atoms with Crippen molar-refractivity contribution in [3.05, 3.63) is 24.3 Å². The van der Waals surface area contributed by atoms with Crippen molar-refractivity contribution in [1.82, 2.24) is 5.32 Å². The number of unbranched alkanes of at least 4 members (excludes halogenated alkanes) is 11. The van der Waals surface area contributed by atoms with Gasteiger partial charge in [0.15, 0.2) is 18.9 Å². The Morgan fingerprint density at radius 1 is 0.565 bits per heavy atom. The van der Waals surface area contributed by atoms with Crippen LogP contribution < -0.4 is 5.32 Å². The maximum atomic E-state index is 12.9. The molecule has 0 spiro atoms. The third kappa shape index (κ3) is 16.9. The number of hydrogen-bond acceptors (Lipinski definition) is 18. The summed E-state index contributed by atoms with van der Waals surface area (Å²) in [5, 5.41) is 119. The molecule has 62 heavy (non-hydrogen) atoms. The number of carbonyl (C=O) groups is 1. The third-order valence-electron chi connectivity index (χ3n) is 11.5. The average molecular weight is 896 g/mol. The van der Waals surface area contributed by atoms with Gasteiger partial charge in [-0.15, -0.1) is 0 Å². The highest BCUT2D eigenvalue weighted by molar-refractivity contribution is 5.76. The van der Waals surface area contributed by atoms with Gasteiger partial charge in [0.1, 0.15) is 73.2 Å². The number of hydrogen-bond donors (Lipinski definition) is 12. The van der Waals surface area contributed by atoms with Crippen LogP contribution in [0, 0.1) is 0 Å². The lowest BCUT2D eigenvalue weighted by Gasteiger charge is -2.48. The van der Waals surface area contributed by atoms with E-state index < -0.39 is 124 Å². The van der Waals surface area contributed by atoms with Crippen LogP contribution in [0.3, 0.4) is 0 Å². The van der Waals surface area contributed by atoms with Crippen LogP contribution in [-0.4, -0.2) is 193 Å². The molecule has 0 aromatic carbocycles. The van der Waals surface area contributed by atoms with E-state index in [0.717, 1.165) is 44.9 Å². The summed E-state index contributed by atoms with van der Waals surface area (Å²) in [7, 11) is 0. The zero-order chi connectivity index (χ0) is 45.6. The molecule has 17 unspecified atom stereocenters. The molecule has 3 aliphatic rings. The summed E-state index contributed by atoms with van der Waals surface area (Å²) in [6.07, 6.45) is -4.44. The van der Waals surface area contributed by atoms with Gasteiger partial charge in [-0.3, -0.25) is 4.79 Å². The van der Waals surface area contributed by atoms with Crippen LogP contribution >= 0.6 is 0 Å². The number of nitrogens with one attached hydrogen (secondary N) is 1. The molecular weight excluding hydrogens is 818 g/mol. The highest BCUT2D eigenvalue weighted by Gasteiger charge is 2.53. The van der Waals surface area contributed by atoms with E-state index in [1.807, 2.05) is 6.08 Å².